The summed E-state index contributed by atoms with van der Waals surface area (Å²) >= 11 is 0. The summed E-state index contributed by atoms with van der Waals surface area (Å²) in [7, 11) is 1.44. The molecule has 0 unspecified atom stereocenters. The Labute approximate surface area is 123 Å². The summed E-state index contributed by atoms with van der Waals surface area (Å²) in [5.41, 5.74) is -1.15. The molecule has 0 saturated carbocycles. The summed E-state index contributed by atoms with van der Waals surface area (Å²) in [6.45, 7) is 1.23. The molecule has 0 amide bonds. The Bertz CT molecular complexity index is 580. The van der Waals surface area contributed by atoms with Crippen molar-refractivity contribution in [2.24, 2.45) is 10.2 Å². The van der Waals surface area contributed by atoms with Crippen LogP contribution in [-0.2, 0) is 9.53 Å². The first kappa shape index (κ1) is 17.5. The van der Waals surface area contributed by atoms with Crippen LogP contribution in [0.1, 0.15) is 6.92 Å². The zero-order valence-electron chi connectivity index (χ0n) is 11.7. The highest BCUT2D eigenvalue weighted by Gasteiger charge is 2.39. The number of methoxy groups -OCH3 is 1. The molecule has 9 heteroatoms. The Morgan fingerprint density at radius 1 is 1.27 bits per heavy atom. The van der Waals surface area contributed by atoms with Crippen LogP contribution in [0.3, 0.4) is 0 Å². The van der Waals surface area contributed by atoms with Gasteiger partial charge in [0, 0.05) is 0 Å². The number of carbonyl (C=O) groups is 1. The standard InChI is InChI=1S/C13H13F3N2O4/c1-3-22-12(20)10(11(19)13(14,15)16)18-17-8-4-6-9(21-2)7-5-8/h4-7,19H,3H2,1-2H3/b11-10+,18-17?. The van der Waals surface area contributed by atoms with Crippen molar-refractivity contribution in [2.75, 3.05) is 13.7 Å². The summed E-state index contributed by atoms with van der Waals surface area (Å²) in [6.07, 6.45) is -5.14. The molecule has 120 valence electrons. The minimum absolute atomic E-state index is 0.164. The van der Waals surface area contributed by atoms with Gasteiger partial charge in [-0.3, -0.25) is 0 Å². The van der Waals surface area contributed by atoms with Crippen molar-refractivity contribution in [1.82, 2.24) is 0 Å². The van der Waals surface area contributed by atoms with Crippen LogP contribution >= 0.6 is 0 Å². The first-order chi connectivity index (χ1) is 10.3. The number of hydrogen-bond acceptors (Lipinski definition) is 6. The average molecular weight is 318 g/mol. The normalized spacial score (nSPS) is 13.0. The van der Waals surface area contributed by atoms with Crippen LogP contribution in [0.4, 0.5) is 18.9 Å². The number of benzene rings is 1. The Balaban J connectivity index is 3.12. The molecule has 0 radical (unpaired) electrons. The molecule has 0 aliphatic rings. The van der Waals surface area contributed by atoms with E-state index in [2.05, 4.69) is 15.0 Å². The van der Waals surface area contributed by atoms with Crippen LogP contribution in [0.15, 0.2) is 46.0 Å². The molecule has 0 atom stereocenters. The lowest BCUT2D eigenvalue weighted by Gasteiger charge is -2.08. The highest BCUT2D eigenvalue weighted by atomic mass is 19.4. The van der Waals surface area contributed by atoms with Gasteiger partial charge >= 0.3 is 12.1 Å². The second-order valence-electron chi connectivity index (χ2n) is 3.81. The first-order valence-corrected chi connectivity index (χ1v) is 6.03. The first-order valence-electron chi connectivity index (χ1n) is 6.03. The van der Waals surface area contributed by atoms with E-state index in [0.29, 0.717) is 5.75 Å². The Morgan fingerprint density at radius 2 is 1.86 bits per heavy atom. The Kier molecular flexibility index (Phi) is 5.90. The molecule has 1 aromatic carbocycles. The average Bonchev–Trinajstić information content (AvgIpc) is 2.47. The van der Waals surface area contributed by atoms with Gasteiger partial charge in [-0.2, -0.15) is 18.3 Å². The zero-order chi connectivity index (χ0) is 16.8. The maximum absolute atomic E-state index is 12.5. The number of rotatable bonds is 5. The molecule has 0 aliphatic heterocycles. The maximum atomic E-state index is 12.5. The molecule has 0 aromatic heterocycles. The number of halogens is 3. The highest BCUT2D eigenvalue weighted by Crippen LogP contribution is 2.28. The highest BCUT2D eigenvalue weighted by molar-refractivity contribution is 5.88. The van der Waals surface area contributed by atoms with Gasteiger partial charge in [-0.1, -0.05) is 0 Å². The molecule has 0 saturated heterocycles. The molecule has 0 bridgehead atoms. The molecule has 0 heterocycles. The second kappa shape index (κ2) is 7.43. The smallest absolute Gasteiger partial charge is 0.451 e. The van der Waals surface area contributed by atoms with Gasteiger partial charge < -0.3 is 14.6 Å². The Morgan fingerprint density at radius 3 is 2.32 bits per heavy atom. The molecule has 1 aromatic rings. The fourth-order valence-electron chi connectivity index (χ4n) is 1.28. The molecule has 0 spiro atoms. The van der Waals surface area contributed by atoms with Crippen molar-refractivity contribution in [1.29, 1.82) is 0 Å². The van der Waals surface area contributed by atoms with Crippen LogP contribution < -0.4 is 4.74 Å². The van der Waals surface area contributed by atoms with Crippen LogP contribution in [0, 0.1) is 0 Å². The minimum atomic E-state index is -5.14. The fraction of sp³-hybridized carbons (Fsp3) is 0.308. The summed E-state index contributed by atoms with van der Waals surface area (Å²) < 4.78 is 46.8. The van der Waals surface area contributed by atoms with Crippen molar-refractivity contribution in [2.45, 2.75) is 13.1 Å². The van der Waals surface area contributed by atoms with Gasteiger partial charge in [-0.15, -0.1) is 5.11 Å². The summed E-state index contributed by atoms with van der Waals surface area (Å²) in [5, 5.41) is 15.7. The SMILES string of the molecule is CCOC(=O)/C(N=Nc1ccc(OC)cc1)=C(\O)C(F)(F)F. The molecule has 0 fully saturated rings. The summed E-state index contributed by atoms with van der Waals surface area (Å²) in [6, 6.07) is 5.84. The number of aliphatic hydroxyl groups is 1. The molecular weight excluding hydrogens is 305 g/mol. The van der Waals surface area contributed by atoms with Crippen molar-refractivity contribution >= 4 is 11.7 Å². The number of alkyl halides is 3. The van der Waals surface area contributed by atoms with Crippen LogP contribution in [0.5, 0.6) is 5.75 Å². The van der Waals surface area contributed by atoms with Crippen LogP contribution in [-0.4, -0.2) is 31.0 Å². The van der Waals surface area contributed by atoms with Gasteiger partial charge in [0.15, 0.2) is 0 Å². The van der Waals surface area contributed by atoms with E-state index in [-0.39, 0.29) is 12.3 Å². The number of carbonyl (C=O) groups excluding carboxylic acids is 1. The number of ether oxygens (including phenoxy) is 2. The second-order valence-corrected chi connectivity index (χ2v) is 3.81. The topological polar surface area (TPSA) is 80.5 Å². The third-order valence-corrected chi connectivity index (χ3v) is 2.30. The largest absolute Gasteiger partial charge is 0.502 e. The fourth-order valence-corrected chi connectivity index (χ4v) is 1.28. The summed E-state index contributed by atoms with van der Waals surface area (Å²) in [5.74, 6) is -3.07. The van der Waals surface area contributed by atoms with E-state index < -0.39 is 23.6 Å². The lowest BCUT2D eigenvalue weighted by molar-refractivity contribution is -0.143. The quantitative estimate of drug-likeness (QED) is 0.389. The van der Waals surface area contributed by atoms with Crippen LogP contribution in [0.25, 0.3) is 0 Å². The molecular formula is C13H13F3N2O4. The van der Waals surface area contributed by atoms with Gasteiger partial charge in [0.05, 0.1) is 19.4 Å². The molecule has 6 nitrogen and oxygen atoms in total. The number of hydrogen-bond donors (Lipinski definition) is 1. The third-order valence-electron chi connectivity index (χ3n) is 2.30. The molecule has 22 heavy (non-hydrogen) atoms. The van der Waals surface area contributed by atoms with Gasteiger partial charge in [-0.05, 0) is 31.2 Å². The summed E-state index contributed by atoms with van der Waals surface area (Å²) in [4.78, 5) is 11.4. The lowest BCUT2D eigenvalue weighted by Crippen LogP contribution is -2.18. The van der Waals surface area contributed by atoms with Crippen molar-refractivity contribution in [3.63, 3.8) is 0 Å². The van der Waals surface area contributed by atoms with Crippen molar-refractivity contribution < 1.29 is 32.5 Å². The van der Waals surface area contributed by atoms with E-state index in [1.807, 2.05) is 0 Å². The number of nitrogens with zero attached hydrogens (tertiary/aromatic N) is 2. The van der Waals surface area contributed by atoms with E-state index in [1.165, 1.54) is 38.3 Å². The molecule has 1 rings (SSSR count). The van der Waals surface area contributed by atoms with Gasteiger partial charge in [0.25, 0.3) is 0 Å². The van der Waals surface area contributed by atoms with E-state index in [0.717, 1.165) is 0 Å². The van der Waals surface area contributed by atoms with E-state index in [1.54, 1.807) is 0 Å². The number of azo groups is 1. The molecule has 0 aliphatic carbocycles. The number of allylic oxidation sites excluding steroid dienone is 1. The van der Waals surface area contributed by atoms with E-state index in [9.17, 15) is 18.0 Å². The van der Waals surface area contributed by atoms with Gasteiger partial charge in [0.2, 0.25) is 11.5 Å². The van der Waals surface area contributed by atoms with Gasteiger partial charge in [0.1, 0.15) is 5.75 Å². The predicted molar refractivity (Wildman–Crippen MR) is 69.9 cm³/mol. The minimum Gasteiger partial charge on any atom is -0.502 e. The van der Waals surface area contributed by atoms with Crippen LogP contribution in [0.2, 0.25) is 0 Å². The zero-order valence-corrected chi connectivity index (χ0v) is 11.7. The molecule has 1 N–H and O–H groups in total. The number of esters is 1. The monoisotopic (exact) mass is 318 g/mol. The Hall–Kier alpha value is -2.58. The number of aliphatic hydroxyl groups excluding tert-OH is 1. The van der Waals surface area contributed by atoms with E-state index >= 15 is 0 Å². The maximum Gasteiger partial charge on any atom is 0.451 e. The van der Waals surface area contributed by atoms with Crippen molar-refractivity contribution in [3.8, 4) is 5.75 Å². The van der Waals surface area contributed by atoms with Crippen molar-refractivity contribution in [3.05, 3.63) is 35.7 Å². The predicted octanol–water partition coefficient (Wildman–Crippen LogP) is 3.67. The lowest BCUT2D eigenvalue weighted by atomic mass is 10.3. The van der Waals surface area contributed by atoms with Gasteiger partial charge in [-0.25, -0.2) is 4.79 Å². The van der Waals surface area contributed by atoms with E-state index in [4.69, 9.17) is 9.84 Å². The third kappa shape index (κ3) is 4.76.